The second-order valence-electron chi connectivity index (χ2n) is 5.32. The maximum absolute atomic E-state index is 12.1. The molecule has 0 aliphatic rings. The van der Waals surface area contributed by atoms with Crippen molar-refractivity contribution in [2.45, 2.75) is 19.4 Å². The normalized spacial score (nSPS) is 11.6. The highest BCUT2D eigenvalue weighted by atomic mass is 16.5. The number of benzene rings is 2. The van der Waals surface area contributed by atoms with Gasteiger partial charge in [0.1, 0.15) is 5.75 Å². The number of ether oxygens (including phenoxy) is 1. The molecule has 0 bridgehead atoms. The number of nitrogens with one attached hydrogen (secondary N) is 2. The van der Waals surface area contributed by atoms with Gasteiger partial charge in [-0.1, -0.05) is 42.5 Å². The van der Waals surface area contributed by atoms with E-state index in [4.69, 9.17) is 9.84 Å². The monoisotopic (exact) mass is 328 g/mol. The molecule has 2 rings (SSSR count). The van der Waals surface area contributed by atoms with Crippen molar-refractivity contribution in [2.75, 3.05) is 19.8 Å². The van der Waals surface area contributed by atoms with E-state index in [9.17, 15) is 4.79 Å². The van der Waals surface area contributed by atoms with Crippen molar-refractivity contribution in [3.8, 4) is 5.75 Å². The van der Waals surface area contributed by atoms with Gasteiger partial charge in [0.05, 0.1) is 12.6 Å². The molecule has 0 saturated heterocycles. The Balaban J connectivity index is 2.15. The van der Waals surface area contributed by atoms with E-state index in [2.05, 4.69) is 10.6 Å². The Morgan fingerprint density at radius 3 is 2.38 bits per heavy atom. The van der Waals surface area contributed by atoms with Crippen molar-refractivity contribution in [3.63, 3.8) is 0 Å². The van der Waals surface area contributed by atoms with Gasteiger partial charge in [0, 0.05) is 13.2 Å². The first kappa shape index (κ1) is 17.8. The Bertz CT molecular complexity index is 614. The average Bonchev–Trinajstić information content (AvgIpc) is 2.62. The number of urea groups is 1. The lowest BCUT2D eigenvalue weighted by molar-refractivity contribution is 0.236. The first-order valence-corrected chi connectivity index (χ1v) is 8.17. The summed E-state index contributed by atoms with van der Waals surface area (Å²) >= 11 is 0. The molecular weight excluding hydrogens is 304 g/mol. The van der Waals surface area contributed by atoms with Gasteiger partial charge in [0.15, 0.2) is 0 Å². The second kappa shape index (κ2) is 9.57. The third-order valence-electron chi connectivity index (χ3n) is 3.55. The number of carbonyl (C=O) groups excluding carboxylic acids is 1. The summed E-state index contributed by atoms with van der Waals surface area (Å²) in [7, 11) is 0. The number of hydrogen-bond donors (Lipinski definition) is 3. The van der Waals surface area contributed by atoms with Crippen molar-refractivity contribution in [1.82, 2.24) is 10.6 Å². The fraction of sp³-hybridized carbons (Fsp3) is 0.316. The minimum Gasteiger partial charge on any atom is -0.494 e. The first-order valence-electron chi connectivity index (χ1n) is 8.17. The van der Waals surface area contributed by atoms with E-state index in [1.807, 2.05) is 61.5 Å². The highest BCUT2D eigenvalue weighted by Crippen LogP contribution is 2.24. The third kappa shape index (κ3) is 5.28. The van der Waals surface area contributed by atoms with E-state index in [0.717, 1.165) is 16.9 Å². The van der Waals surface area contributed by atoms with Crippen LogP contribution in [0, 0.1) is 0 Å². The summed E-state index contributed by atoms with van der Waals surface area (Å²) in [5, 5.41) is 14.5. The van der Waals surface area contributed by atoms with Gasteiger partial charge in [-0.15, -0.1) is 0 Å². The van der Waals surface area contributed by atoms with Crippen molar-refractivity contribution in [3.05, 3.63) is 65.7 Å². The topological polar surface area (TPSA) is 70.6 Å². The van der Waals surface area contributed by atoms with Gasteiger partial charge in [-0.3, -0.25) is 0 Å². The van der Waals surface area contributed by atoms with Crippen LogP contribution in [0.15, 0.2) is 54.6 Å². The fourth-order valence-electron chi connectivity index (χ4n) is 2.39. The van der Waals surface area contributed by atoms with Gasteiger partial charge in [0.2, 0.25) is 0 Å². The fourth-order valence-corrected chi connectivity index (χ4v) is 2.39. The lowest BCUT2D eigenvalue weighted by Crippen LogP contribution is -2.39. The molecule has 0 saturated carbocycles. The van der Waals surface area contributed by atoms with Crippen LogP contribution in [0.2, 0.25) is 0 Å². The van der Waals surface area contributed by atoms with Gasteiger partial charge in [-0.05, 0) is 36.6 Å². The molecule has 0 fully saturated rings. The molecule has 0 radical (unpaired) electrons. The van der Waals surface area contributed by atoms with Gasteiger partial charge >= 0.3 is 6.03 Å². The zero-order valence-electron chi connectivity index (χ0n) is 13.9. The molecule has 2 amide bonds. The van der Waals surface area contributed by atoms with Crippen molar-refractivity contribution in [1.29, 1.82) is 0 Å². The Morgan fingerprint density at radius 2 is 1.75 bits per heavy atom. The van der Waals surface area contributed by atoms with Gasteiger partial charge in [-0.2, -0.15) is 0 Å². The quantitative estimate of drug-likeness (QED) is 0.653. The van der Waals surface area contributed by atoms with Gasteiger partial charge in [0.25, 0.3) is 0 Å². The summed E-state index contributed by atoms with van der Waals surface area (Å²) in [6, 6.07) is 17.0. The van der Waals surface area contributed by atoms with Crippen LogP contribution in [0.5, 0.6) is 5.75 Å². The van der Waals surface area contributed by atoms with Crippen LogP contribution in [-0.2, 0) is 0 Å². The summed E-state index contributed by atoms with van der Waals surface area (Å²) in [5.41, 5.74) is 1.97. The lowest BCUT2D eigenvalue weighted by atomic mass is 9.99. The van der Waals surface area contributed by atoms with E-state index < -0.39 is 0 Å². The molecule has 0 aliphatic carbocycles. The molecule has 2 aromatic rings. The molecule has 0 spiro atoms. The molecule has 1 atom stereocenters. The molecule has 24 heavy (non-hydrogen) atoms. The smallest absolute Gasteiger partial charge is 0.315 e. The number of carbonyl (C=O) groups is 1. The first-order chi connectivity index (χ1) is 11.7. The van der Waals surface area contributed by atoms with Crippen LogP contribution in [0.1, 0.15) is 30.5 Å². The highest BCUT2D eigenvalue weighted by molar-refractivity contribution is 5.75. The number of rotatable bonds is 8. The summed E-state index contributed by atoms with van der Waals surface area (Å²) in [5.74, 6) is 0.806. The molecule has 0 aromatic heterocycles. The largest absolute Gasteiger partial charge is 0.494 e. The van der Waals surface area contributed by atoms with Crippen LogP contribution < -0.4 is 15.4 Å². The molecule has 5 heteroatoms. The second-order valence-corrected chi connectivity index (χ2v) is 5.32. The van der Waals surface area contributed by atoms with Crippen LogP contribution in [0.4, 0.5) is 4.79 Å². The molecule has 3 N–H and O–H groups in total. The summed E-state index contributed by atoms with van der Waals surface area (Å²) in [4.78, 5) is 12.1. The van der Waals surface area contributed by atoms with Crippen LogP contribution in [-0.4, -0.2) is 30.9 Å². The molecule has 1 unspecified atom stereocenters. The predicted octanol–water partition coefficient (Wildman–Crippen LogP) is 2.86. The van der Waals surface area contributed by atoms with Crippen LogP contribution in [0.3, 0.4) is 0 Å². The summed E-state index contributed by atoms with van der Waals surface area (Å²) in [6.07, 6.45) is 0.534. The predicted molar refractivity (Wildman–Crippen MR) is 94.1 cm³/mol. The average molecular weight is 328 g/mol. The van der Waals surface area contributed by atoms with Crippen molar-refractivity contribution in [2.24, 2.45) is 0 Å². The Kier molecular flexibility index (Phi) is 7.11. The Morgan fingerprint density at radius 1 is 1.08 bits per heavy atom. The molecular formula is C19H24N2O3. The number of amides is 2. The van der Waals surface area contributed by atoms with E-state index in [1.54, 1.807) is 0 Å². The number of hydrogen-bond acceptors (Lipinski definition) is 3. The molecule has 5 nitrogen and oxygen atoms in total. The number of aliphatic hydroxyl groups excluding tert-OH is 1. The lowest BCUT2D eigenvalue weighted by Gasteiger charge is -2.20. The SMILES string of the molecule is CCOc1ccc(C(NC(=O)NCCCO)c2ccccc2)cc1. The summed E-state index contributed by atoms with van der Waals surface area (Å²) in [6.45, 7) is 3.06. The summed E-state index contributed by atoms with van der Waals surface area (Å²) < 4.78 is 5.47. The zero-order valence-corrected chi connectivity index (χ0v) is 13.9. The maximum Gasteiger partial charge on any atom is 0.315 e. The Labute approximate surface area is 142 Å². The van der Waals surface area contributed by atoms with E-state index >= 15 is 0 Å². The van der Waals surface area contributed by atoms with Crippen LogP contribution >= 0.6 is 0 Å². The zero-order chi connectivity index (χ0) is 17.2. The standard InChI is InChI=1S/C19H24N2O3/c1-2-24-17-11-9-16(10-12-17)18(15-7-4-3-5-8-15)21-19(23)20-13-6-14-22/h3-5,7-12,18,22H,2,6,13-14H2,1H3,(H2,20,21,23). The molecule has 2 aromatic carbocycles. The minimum atomic E-state index is -0.258. The molecule has 0 aliphatic heterocycles. The Hall–Kier alpha value is -2.53. The third-order valence-corrected chi connectivity index (χ3v) is 3.55. The molecule has 0 heterocycles. The molecule has 128 valence electrons. The minimum absolute atomic E-state index is 0.0568. The van der Waals surface area contributed by atoms with E-state index in [1.165, 1.54) is 0 Å². The number of aliphatic hydroxyl groups is 1. The van der Waals surface area contributed by atoms with Gasteiger partial charge < -0.3 is 20.5 Å². The van der Waals surface area contributed by atoms with Gasteiger partial charge in [-0.25, -0.2) is 4.79 Å². The van der Waals surface area contributed by atoms with Crippen LogP contribution in [0.25, 0.3) is 0 Å². The van der Waals surface area contributed by atoms with E-state index in [0.29, 0.717) is 19.6 Å². The van der Waals surface area contributed by atoms with E-state index in [-0.39, 0.29) is 18.7 Å². The van der Waals surface area contributed by atoms with Crippen molar-refractivity contribution < 1.29 is 14.6 Å². The van der Waals surface area contributed by atoms with Crippen molar-refractivity contribution >= 4 is 6.03 Å². The maximum atomic E-state index is 12.1. The highest BCUT2D eigenvalue weighted by Gasteiger charge is 2.16.